The van der Waals surface area contributed by atoms with Gasteiger partial charge in [-0.3, -0.25) is 19.2 Å². The Bertz CT molecular complexity index is 1060. The van der Waals surface area contributed by atoms with Crippen molar-refractivity contribution in [3.05, 3.63) is 41.1 Å². The Hall–Kier alpha value is -2.22. The molecule has 0 spiro atoms. The molecule has 31 heavy (non-hydrogen) atoms. The Morgan fingerprint density at radius 3 is 2.74 bits per heavy atom. The minimum atomic E-state index is -3.49. The lowest BCUT2D eigenvalue weighted by atomic mass is 10.0. The third-order valence-corrected chi connectivity index (χ3v) is 7.28. The number of hydrogen-bond donors (Lipinski definition) is 4. The van der Waals surface area contributed by atoms with Crippen molar-refractivity contribution in [3.63, 3.8) is 0 Å². The Balaban J connectivity index is 1.72. The fourth-order valence-electron chi connectivity index (χ4n) is 3.37. The van der Waals surface area contributed by atoms with E-state index in [1.165, 1.54) is 40.6 Å². The minimum absolute atomic E-state index is 0.0163. The van der Waals surface area contributed by atoms with Gasteiger partial charge < -0.3 is 16.2 Å². The summed E-state index contributed by atoms with van der Waals surface area (Å²) in [5.41, 5.74) is 7.30. The van der Waals surface area contributed by atoms with Gasteiger partial charge in [0.1, 0.15) is 23.2 Å². The van der Waals surface area contributed by atoms with Gasteiger partial charge in [0, 0.05) is 17.2 Å². The van der Waals surface area contributed by atoms with E-state index in [0.29, 0.717) is 22.6 Å². The number of anilines is 1. The number of rotatable bonds is 8. The van der Waals surface area contributed by atoms with E-state index in [1.54, 1.807) is 12.1 Å². The molecule has 10 nitrogen and oxygen atoms in total. The smallest absolute Gasteiger partial charge is 0.352 e. The second-order valence-electron chi connectivity index (χ2n) is 7.06. The molecule has 1 fully saturated rings. The average Bonchev–Trinajstić information content (AvgIpc) is 2.69. The maximum Gasteiger partial charge on any atom is 0.352 e. The first-order valence-corrected chi connectivity index (χ1v) is 13.4. The molecule has 2 heterocycles. The van der Waals surface area contributed by atoms with E-state index >= 15 is 0 Å². The van der Waals surface area contributed by atoms with E-state index in [9.17, 15) is 27.9 Å². The molecule has 1 aromatic carbocycles. The van der Waals surface area contributed by atoms with Gasteiger partial charge in [0.15, 0.2) is 0 Å². The van der Waals surface area contributed by atoms with Crippen LogP contribution in [-0.2, 0) is 24.4 Å². The van der Waals surface area contributed by atoms with Crippen LogP contribution >= 0.6 is 23.5 Å². The van der Waals surface area contributed by atoms with Crippen LogP contribution in [0.5, 0.6) is 0 Å². The maximum absolute atomic E-state index is 12.7. The van der Waals surface area contributed by atoms with Crippen LogP contribution in [0.1, 0.15) is 11.6 Å². The topological polar surface area (TPSA) is 159 Å². The van der Waals surface area contributed by atoms with Crippen molar-refractivity contribution >= 4 is 57.0 Å². The molecule has 1 aromatic rings. The number of carbonyl (C=O) groups is 3. The van der Waals surface area contributed by atoms with Gasteiger partial charge in [-0.15, -0.1) is 11.8 Å². The number of amides is 2. The lowest BCUT2D eigenvalue weighted by Gasteiger charge is -2.49. The Labute approximate surface area is 188 Å². The number of hydrogen-bond acceptors (Lipinski definition) is 8. The van der Waals surface area contributed by atoms with Gasteiger partial charge in [-0.25, -0.2) is 13.2 Å². The number of nitrogens with zero attached hydrogens (tertiary/aromatic N) is 1. The van der Waals surface area contributed by atoms with E-state index < -0.39 is 45.3 Å². The molecule has 1 saturated heterocycles. The number of nitrogens with two attached hydrogens (primary N) is 1. The number of benzene rings is 1. The summed E-state index contributed by atoms with van der Waals surface area (Å²) in [5, 5.41) is 11.6. The Morgan fingerprint density at radius 1 is 1.42 bits per heavy atom. The highest BCUT2D eigenvalue weighted by Gasteiger charge is 2.54. The number of thioether (sulfide) groups is 2. The third kappa shape index (κ3) is 5.00. The highest BCUT2D eigenvalue weighted by Crippen LogP contribution is 2.41. The van der Waals surface area contributed by atoms with Gasteiger partial charge in [-0.05, 0) is 29.5 Å². The molecule has 13 heteroatoms. The summed E-state index contributed by atoms with van der Waals surface area (Å²) >= 11 is 2.86. The number of carboxylic acid groups (broad SMARTS) is 1. The van der Waals surface area contributed by atoms with Gasteiger partial charge in [0.25, 0.3) is 5.91 Å². The SMILES string of the molecule is CSCC1=C(C(=O)O)N2C(=O)C(NC(=O)[C@H](N)c3cccc(NS(C)(=O)=O)c3)[C@@H]2SC1. The highest BCUT2D eigenvalue weighted by molar-refractivity contribution is 8.00. The largest absolute Gasteiger partial charge is 0.477 e. The zero-order chi connectivity index (χ0) is 22.9. The molecule has 2 aliphatic heterocycles. The van der Waals surface area contributed by atoms with Crippen LogP contribution in [-0.4, -0.2) is 71.6 Å². The monoisotopic (exact) mass is 486 g/mol. The fourth-order valence-corrected chi connectivity index (χ4v) is 5.99. The minimum Gasteiger partial charge on any atom is -0.477 e. The molecule has 0 bridgehead atoms. The molecule has 0 radical (unpaired) electrons. The number of β-lactam (4-membered cyclic amide) rings is 1. The summed E-state index contributed by atoms with van der Waals surface area (Å²) in [4.78, 5) is 38.2. The Morgan fingerprint density at radius 2 is 2.13 bits per heavy atom. The predicted molar refractivity (Wildman–Crippen MR) is 120 cm³/mol. The van der Waals surface area contributed by atoms with E-state index in [4.69, 9.17) is 5.73 Å². The molecule has 3 rings (SSSR count). The standard InChI is InChI=1S/C18H22N4O6S3/c1-29-7-10-8-30-17-13(16(24)22(17)14(10)18(25)26)20-15(23)12(19)9-4-3-5-11(6-9)21-31(2,27)28/h3-6,12-13,17,21H,7-8,19H2,1-2H3,(H,20,23)(H,25,26)/t12-,13?,17+/m1/s1. The summed E-state index contributed by atoms with van der Waals surface area (Å²) in [6.07, 6.45) is 2.86. The summed E-state index contributed by atoms with van der Waals surface area (Å²) in [6.45, 7) is 0. The van der Waals surface area contributed by atoms with Crippen molar-refractivity contribution in [2.45, 2.75) is 17.5 Å². The van der Waals surface area contributed by atoms with Crippen molar-refractivity contribution in [2.24, 2.45) is 5.73 Å². The van der Waals surface area contributed by atoms with Crippen LogP contribution in [0.3, 0.4) is 0 Å². The summed E-state index contributed by atoms with van der Waals surface area (Å²) < 4.78 is 25.1. The molecule has 2 aliphatic rings. The van der Waals surface area contributed by atoms with Crippen LogP contribution in [0, 0.1) is 0 Å². The van der Waals surface area contributed by atoms with Crippen LogP contribution in [0.25, 0.3) is 0 Å². The van der Waals surface area contributed by atoms with Crippen molar-refractivity contribution in [1.29, 1.82) is 0 Å². The number of carbonyl (C=O) groups excluding carboxylic acids is 2. The number of fused-ring (bicyclic) bond motifs is 1. The molecule has 168 valence electrons. The molecule has 3 atom stereocenters. The molecule has 0 aromatic heterocycles. The van der Waals surface area contributed by atoms with Crippen molar-refractivity contribution in [2.75, 3.05) is 28.7 Å². The number of carboxylic acids is 1. The lowest BCUT2D eigenvalue weighted by Crippen LogP contribution is -2.71. The van der Waals surface area contributed by atoms with Crippen molar-refractivity contribution in [3.8, 4) is 0 Å². The number of nitrogens with one attached hydrogen (secondary N) is 2. The normalized spacial score (nSPS) is 21.8. The molecule has 0 aliphatic carbocycles. The molecular formula is C18H22N4O6S3. The summed E-state index contributed by atoms with van der Waals surface area (Å²) in [6, 6.07) is 4.06. The first-order valence-electron chi connectivity index (χ1n) is 9.06. The second-order valence-corrected chi connectivity index (χ2v) is 10.8. The molecular weight excluding hydrogens is 464 g/mol. The van der Waals surface area contributed by atoms with Gasteiger partial charge in [-0.2, -0.15) is 11.8 Å². The van der Waals surface area contributed by atoms with E-state index in [2.05, 4.69) is 10.0 Å². The number of sulfonamides is 1. The second kappa shape index (κ2) is 9.10. The molecule has 2 amide bonds. The van der Waals surface area contributed by atoms with Gasteiger partial charge in [0.2, 0.25) is 15.9 Å². The van der Waals surface area contributed by atoms with Gasteiger partial charge >= 0.3 is 5.97 Å². The van der Waals surface area contributed by atoms with Crippen LogP contribution in [0.15, 0.2) is 35.5 Å². The first kappa shape index (κ1) is 23.4. The predicted octanol–water partition coefficient (Wildman–Crippen LogP) is 0.160. The molecule has 0 saturated carbocycles. The first-order chi connectivity index (χ1) is 14.5. The Kier molecular flexibility index (Phi) is 6.88. The van der Waals surface area contributed by atoms with E-state index in [0.717, 1.165) is 6.26 Å². The van der Waals surface area contributed by atoms with Crippen LogP contribution in [0.2, 0.25) is 0 Å². The maximum atomic E-state index is 12.7. The fraction of sp³-hybridized carbons (Fsp3) is 0.389. The average molecular weight is 487 g/mol. The van der Waals surface area contributed by atoms with E-state index in [-0.39, 0.29) is 11.4 Å². The summed E-state index contributed by atoms with van der Waals surface area (Å²) in [5.74, 6) is -1.33. The zero-order valence-corrected chi connectivity index (χ0v) is 19.1. The summed E-state index contributed by atoms with van der Waals surface area (Å²) in [7, 11) is -3.49. The zero-order valence-electron chi connectivity index (χ0n) is 16.7. The van der Waals surface area contributed by atoms with Crippen molar-refractivity contribution in [1.82, 2.24) is 10.2 Å². The van der Waals surface area contributed by atoms with E-state index in [1.807, 2.05) is 6.26 Å². The van der Waals surface area contributed by atoms with Crippen LogP contribution < -0.4 is 15.8 Å². The lowest BCUT2D eigenvalue weighted by molar-refractivity contribution is -0.150. The quantitative estimate of drug-likeness (QED) is 0.375. The number of aliphatic carboxylic acids is 1. The van der Waals surface area contributed by atoms with Gasteiger partial charge in [0.05, 0.1) is 6.26 Å². The van der Waals surface area contributed by atoms with Gasteiger partial charge in [-0.1, -0.05) is 12.1 Å². The third-order valence-electron chi connectivity index (χ3n) is 4.70. The van der Waals surface area contributed by atoms with Crippen LogP contribution in [0.4, 0.5) is 5.69 Å². The van der Waals surface area contributed by atoms with Crippen molar-refractivity contribution < 1.29 is 27.9 Å². The molecule has 5 N–H and O–H groups in total. The molecule has 1 unspecified atom stereocenters. The highest BCUT2D eigenvalue weighted by atomic mass is 32.2.